The van der Waals surface area contributed by atoms with Crippen LogP contribution in [-0.2, 0) is 10.0 Å². The zero-order chi connectivity index (χ0) is 25.9. The Morgan fingerprint density at radius 3 is 2.56 bits per heavy atom. The molecule has 0 bridgehead atoms. The van der Waals surface area contributed by atoms with E-state index in [1.165, 1.54) is 22.7 Å². The van der Waals surface area contributed by atoms with Crippen LogP contribution >= 0.6 is 11.8 Å². The minimum Gasteiger partial charge on any atom is -0.384 e. The van der Waals surface area contributed by atoms with E-state index >= 15 is 0 Å². The molecule has 1 unspecified atom stereocenters. The van der Waals surface area contributed by atoms with Crippen molar-refractivity contribution in [3.63, 3.8) is 0 Å². The summed E-state index contributed by atoms with van der Waals surface area (Å²) in [6, 6.07) is 11.1. The lowest BCUT2D eigenvalue weighted by atomic mass is 10.2. The summed E-state index contributed by atoms with van der Waals surface area (Å²) in [5.41, 5.74) is 2.20. The predicted octanol–water partition coefficient (Wildman–Crippen LogP) is 3.18. The maximum atomic E-state index is 13.1. The Labute approximate surface area is 213 Å². The quantitative estimate of drug-likeness (QED) is 0.407. The number of sulfonamides is 1. The number of amides is 2. The van der Waals surface area contributed by atoms with E-state index in [0.29, 0.717) is 28.7 Å². The number of rotatable bonds is 8. The minimum atomic E-state index is -3.90. The van der Waals surface area contributed by atoms with E-state index in [9.17, 15) is 18.0 Å². The number of carbonyl (C=O) groups is 1. The number of thioether (sulfide) groups is 1. The van der Waals surface area contributed by atoms with Crippen molar-refractivity contribution in [1.29, 1.82) is 0 Å². The maximum absolute atomic E-state index is 13.1. The number of nitrogens with zero attached hydrogens (tertiary/aromatic N) is 3. The highest BCUT2D eigenvalue weighted by Gasteiger charge is 2.26. The molecule has 190 valence electrons. The van der Waals surface area contributed by atoms with Gasteiger partial charge in [-0.15, -0.1) is 11.8 Å². The summed E-state index contributed by atoms with van der Waals surface area (Å²) >= 11 is 1.21. The third kappa shape index (κ3) is 6.07. The molecule has 2 amide bonds. The molecule has 0 aliphatic carbocycles. The van der Waals surface area contributed by atoms with Crippen LogP contribution in [0.5, 0.6) is 0 Å². The summed E-state index contributed by atoms with van der Waals surface area (Å²) in [4.78, 5) is 31.8. The third-order valence-electron chi connectivity index (χ3n) is 5.48. The molecule has 3 aromatic rings. The summed E-state index contributed by atoms with van der Waals surface area (Å²) in [7, 11) is 0.105. The van der Waals surface area contributed by atoms with E-state index in [4.69, 9.17) is 0 Å². The molecule has 1 atom stereocenters. The fourth-order valence-corrected chi connectivity index (χ4v) is 6.22. The summed E-state index contributed by atoms with van der Waals surface area (Å²) in [5.74, 6) is 0. The fraction of sp³-hybridized carbons (Fsp3) is 0.292. The first-order valence-corrected chi connectivity index (χ1v) is 13.7. The third-order valence-corrected chi connectivity index (χ3v) is 8.57. The van der Waals surface area contributed by atoms with E-state index in [1.54, 1.807) is 36.4 Å². The van der Waals surface area contributed by atoms with Crippen LogP contribution in [0.25, 0.3) is 16.6 Å². The van der Waals surface area contributed by atoms with Gasteiger partial charge in [0.1, 0.15) is 10.6 Å². The Balaban J connectivity index is 1.44. The maximum Gasteiger partial charge on any atom is 0.333 e. The van der Waals surface area contributed by atoms with Gasteiger partial charge in [0.05, 0.1) is 16.6 Å². The number of likely N-dealkylation sites (N-methyl/N-ethyl adjacent to an activating group) is 1. The van der Waals surface area contributed by atoms with Crippen molar-refractivity contribution >= 4 is 50.1 Å². The van der Waals surface area contributed by atoms with Gasteiger partial charge in [-0.1, -0.05) is 13.0 Å². The number of allylic oxidation sites excluding steroid dienone is 1. The highest BCUT2D eigenvalue weighted by Crippen LogP contribution is 2.34. The number of aromatic nitrogens is 2. The molecular formula is C24H28N6O4S2. The number of hydrogen-bond acceptors (Lipinski definition) is 8. The lowest BCUT2D eigenvalue weighted by Gasteiger charge is -2.12. The minimum absolute atomic E-state index is 0.153. The van der Waals surface area contributed by atoms with Crippen molar-refractivity contribution in [3.8, 4) is 5.69 Å². The molecule has 2 aromatic carbocycles. The lowest BCUT2D eigenvalue weighted by molar-refractivity contribution is 0.256. The summed E-state index contributed by atoms with van der Waals surface area (Å²) < 4.78 is 28.3. The van der Waals surface area contributed by atoms with E-state index < -0.39 is 16.1 Å². The molecule has 0 saturated heterocycles. The monoisotopic (exact) mass is 528 g/mol. The SMILES string of the molecule is CC1CC=C(S(=O)(=O)NC(=O)Nc2ccc(-n3cnc4cc(NCCN(C)C)ccc4c3=O)cc2)S1. The number of nitrogens with one attached hydrogen (secondary N) is 3. The van der Waals surface area contributed by atoms with Gasteiger partial charge in [-0.2, -0.15) is 0 Å². The number of fused-ring (bicyclic) bond motifs is 1. The van der Waals surface area contributed by atoms with Gasteiger partial charge < -0.3 is 15.5 Å². The van der Waals surface area contributed by atoms with E-state index in [1.807, 2.05) is 37.9 Å². The van der Waals surface area contributed by atoms with E-state index in [-0.39, 0.29) is 15.0 Å². The van der Waals surface area contributed by atoms with Gasteiger partial charge in [-0.05, 0) is 63.0 Å². The molecule has 3 N–H and O–H groups in total. The molecule has 0 saturated carbocycles. The van der Waals surface area contributed by atoms with E-state index in [0.717, 1.165) is 18.8 Å². The van der Waals surface area contributed by atoms with Gasteiger partial charge in [0.25, 0.3) is 15.6 Å². The average molecular weight is 529 g/mol. The second-order valence-electron chi connectivity index (χ2n) is 8.68. The van der Waals surface area contributed by atoms with Crippen molar-refractivity contribution in [2.45, 2.75) is 18.6 Å². The Kier molecular flexibility index (Phi) is 7.67. The molecular weight excluding hydrogens is 500 g/mol. The molecule has 0 radical (unpaired) electrons. The van der Waals surface area contributed by atoms with Gasteiger partial charge in [0.2, 0.25) is 0 Å². The predicted molar refractivity (Wildman–Crippen MR) is 145 cm³/mol. The van der Waals surface area contributed by atoms with Crippen LogP contribution in [0.3, 0.4) is 0 Å². The fourth-order valence-electron chi connectivity index (χ4n) is 3.60. The van der Waals surface area contributed by atoms with Crippen molar-refractivity contribution in [3.05, 3.63) is 69.5 Å². The molecule has 36 heavy (non-hydrogen) atoms. The highest BCUT2D eigenvalue weighted by atomic mass is 32.3. The number of anilines is 2. The molecule has 0 spiro atoms. The van der Waals surface area contributed by atoms with Crippen molar-refractivity contribution in [2.75, 3.05) is 37.8 Å². The van der Waals surface area contributed by atoms with Crippen LogP contribution in [0.1, 0.15) is 13.3 Å². The van der Waals surface area contributed by atoms with Gasteiger partial charge >= 0.3 is 6.03 Å². The zero-order valence-corrected chi connectivity index (χ0v) is 21.8. The average Bonchev–Trinajstić information content (AvgIpc) is 3.27. The molecule has 0 fully saturated rings. The first-order valence-electron chi connectivity index (χ1n) is 11.3. The second kappa shape index (κ2) is 10.7. The van der Waals surface area contributed by atoms with Crippen molar-refractivity contribution in [1.82, 2.24) is 19.2 Å². The molecule has 1 aromatic heterocycles. The standard InChI is InChI=1S/C24H28N6O4S2/c1-16-4-11-22(35-16)36(33,34)28-24(32)27-17-5-8-19(9-6-17)30-15-26-21-14-18(25-12-13-29(2)3)7-10-20(21)23(30)31/h5-11,14-16,25H,4,12-13H2,1-3H3,(H2,27,28,32). The lowest BCUT2D eigenvalue weighted by Crippen LogP contribution is -2.34. The molecule has 12 heteroatoms. The normalized spacial score (nSPS) is 15.7. The second-order valence-corrected chi connectivity index (χ2v) is 12.1. The first-order chi connectivity index (χ1) is 17.1. The van der Waals surface area contributed by atoms with Crippen LogP contribution in [0.4, 0.5) is 16.2 Å². The Morgan fingerprint density at radius 2 is 1.89 bits per heavy atom. The Bertz CT molecular complexity index is 1470. The summed E-state index contributed by atoms with van der Waals surface area (Å²) in [5, 5.41) is 6.46. The summed E-state index contributed by atoms with van der Waals surface area (Å²) in [6.07, 6.45) is 3.71. The van der Waals surface area contributed by atoms with Crippen molar-refractivity contribution < 1.29 is 13.2 Å². The number of hydrogen-bond donors (Lipinski definition) is 3. The van der Waals surface area contributed by atoms with Crippen LogP contribution in [0.15, 0.2) is 63.9 Å². The van der Waals surface area contributed by atoms with E-state index in [2.05, 4.69) is 20.5 Å². The first kappa shape index (κ1) is 25.7. The number of benzene rings is 2. The van der Waals surface area contributed by atoms with Crippen LogP contribution < -0.4 is 20.9 Å². The van der Waals surface area contributed by atoms with Gasteiger partial charge in [0, 0.05) is 29.7 Å². The molecule has 1 aliphatic heterocycles. The molecule has 4 rings (SSSR count). The highest BCUT2D eigenvalue weighted by molar-refractivity contribution is 8.18. The number of carbonyl (C=O) groups excluding carboxylic acids is 1. The van der Waals surface area contributed by atoms with Crippen LogP contribution in [0, 0.1) is 0 Å². The van der Waals surface area contributed by atoms with Gasteiger partial charge in [-0.25, -0.2) is 22.9 Å². The number of urea groups is 1. The zero-order valence-electron chi connectivity index (χ0n) is 20.2. The van der Waals surface area contributed by atoms with Crippen molar-refractivity contribution in [2.24, 2.45) is 0 Å². The van der Waals surface area contributed by atoms with Crippen LogP contribution in [-0.4, -0.2) is 61.3 Å². The summed E-state index contributed by atoms with van der Waals surface area (Å²) in [6.45, 7) is 3.57. The van der Waals surface area contributed by atoms with Gasteiger partial charge in [0.15, 0.2) is 0 Å². The van der Waals surface area contributed by atoms with Crippen LogP contribution in [0.2, 0.25) is 0 Å². The van der Waals surface area contributed by atoms with Gasteiger partial charge in [-0.3, -0.25) is 9.36 Å². The molecule has 1 aliphatic rings. The Morgan fingerprint density at radius 1 is 1.17 bits per heavy atom. The smallest absolute Gasteiger partial charge is 0.333 e. The molecule has 2 heterocycles. The Hall–Kier alpha value is -3.35. The largest absolute Gasteiger partial charge is 0.384 e. The topological polar surface area (TPSA) is 125 Å². The molecule has 10 nitrogen and oxygen atoms in total.